The molecule has 1 aromatic carbocycles. The SMILES string of the molecule is O=C(O)CC(NC(=O)CNC(=O)c1cccc(NC2=NCCCS2)c1)c1cccnc1. The van der Waals surface area contributed by atoms with E-state index in [0.29, 0.717) is 11.1 Å². The van der Waals surface area contributed by atoms with Crippen LogP contribution >= 0.6 is 11.8 Å². The molecule has 0 saturated heterocycles. The van der Waals surface area contributed by atoms with E-state index in [1.54, 1.807) is 48.3 Å². The molecule has 1 aliphatic rings. The van der Waals surface area contributed by atoms with Gasteiger partial charge in [0.1, 0.15) is 0 Å². The van der Waals surface area contributed by atoms with Crippen LogP contribution < -0.4 is 16.0 Å². The van der Waals surface area contributed by atoms with Gasteiger partial charge in [0.25, 0.3) is 5.91 Å². The second kappa shape index (κ2) is 11.1. The zero-order valence-corrected chi connectivity index (χ0v) is 17.5. The maximum absolute atomic E-state index is 12.5. The summed E-state index contributed by atoms with van der Waals surface area (Å²) in [7, 11) is 0. The first-order valence-corrected chi connectivity index (χ1v) is 10.7. The molecule has 0 bridgehead atoms. The molecule has 0 aliphatic carbocycles. The molecule has 3 rings (SSSR count). The summed E-state index contributed by atoms with van der Waals surface area (Å²) >= 11 is 1.63. The Balaban J connectivity index is 1.55. The Hall–Kier alpha value is -3.40. The molecule has 0 saturated carbocycles. The number of thioether (sulfide) groups is 1. The van der Waals surface area contributed by atoms with Gasteiger partial charge < -0.3 is 21.1 Å². The van der Waals surface area contributed by atoms with Gasteiger partial charge in [0.15, 0.2) is 5.17 Å². The molecule has 0 radical (unpaired) electrons. The minimum atomic E-state index is -1.05. The lowest BCUT2D eigenvalue weighted by Crippen LogP contribution is -2.39. The standard InChI is InChI=1S/C21H23N5O4S/c27-18(26-17(11-19(28)29)15-5-2-7-22-12-15)13-24-20(30)14-4-1-6-16(10-14)25-21-23-8-3-9-31-21/h1-2,4-7,10,12,17H,3,8-9,11,13H2,(H,23,25)(H,24,30)(H,26,27)(H,28,29). The van der Waals surface area contributed by atoms with Gasteiger partial charge in [0, 0.05) is 35.9 Å². The van der Waals surface area contributed by atoms with E-state index in [4.69, 9.17) is 5.11 Å². The monoisotopic (exact) mass is 441 g/mol. The van der Waals surface area contributed by atoms with Crippen LogP contribution in [0.3, 0.4) is 0 Å². The van der Waals surface area contributed by atoms with Gasteiger partial charge in [-0.05, 0) is 36.2 Å². The third-order valence-corrected chi connectivity index (χ3v) is 5.38. The van der Waals surface area contributed by atoms with Crippen LogP contribution in [0.2, 0.25) is 0 Å². The average molecular weight is 442 g/mol. The first-order chi connectivity index (χ1) is 15.0. The van der Waals surface area contributed by atoms with Crippen LogP contribution in [0.5, 0.6) is 0 Å². The number of nitrogens with zero attached hydrogens (tertiary/aromatic N) is 2. The van der Waals surface area contributed by atoms with Gasteiger partial charge in [0.05, 0.1) is 19.0 Å². The number of aliphatic imine (C=N–C) groups is 1. The van der Waals surface area contributed by atoms with Crippen molar-refractivity contribution in [1.29, 1.82) is 0 Å². The summed E-state index contributed by atoms with van der Waals surface area (Å²) in [5.74, 6) is -0.953. The maximum Gasteiger partial charge on any atom is 0.305 e. The maximum atomic E-state index is 12.5. The van der Waals surface area contributed by atoms with Crippen molar-refractivity contribution in [2.45, 2.75) is 18.9 Å². The normalized spacial score (nSPS) is 14.1. The van der Waals surface area contributed by atoms with Crippen LogP contribution in [0.1, 0.15) is 34.8 Å². The Kier molecular flexibility index (Phi) is 7.99. The molecule has 31 heavy (non-hydrogen) atoms. The third kappa shape index (κ3) is 7.10. The summed E-state index contributed by atoms with van der Waals surface area (Å²) in [5.41, 5.74) is 1.71. The van der Waals surface area contributed by atoms with E-state index in [9.17, 15) is 14.4 Å². The molecule has 0 spiro atoms. The van der Waals surface area contributed by atoms with E-state index in [1.165, 1.54) is 6.20 Å². The number of aromatic nitrogens is 1. The average Bonchev–Trinajstić information content (AvgIpc) is 2.78. The van der Waals surface area contributed by atoms with Crippen molar-refractivity contribution in [3.63, 3.8) is 0 Å². The number of anilines is 1. The fraction of sp³-hybridized carbons (Fsp3) is 0.286. The predicted octanol–water partition coefficient (Wildman–Crippen LogP) is 2.05. The Bertz CT molecular complexity index is 967. The second-order valence-corrected chi connectivity index (χ2v) is 7.87. The number of pyridine rings is 1. The number of carbonyl (C=O) groups excluding carboxylic acids is 2. The van der Waals surface area contributed by atoms with Gasteiger partial charge in [-0.25, -0.2) is 0 Å². The minimum Gasteiger partial charge on any atom is -0.481 e. The first-order valence-electron chi connectivity index (χ1n) is 9.75. The van der Waals surface area contributed by atoms with Gasteiger partial charge in [-0.1, -0.05) is 23.9 Å². The van der Waals surface area contributed by atoms with Crippen molar-refractivity contribution < 1.29 is 19.5 Å². The molecule has 2 amide bonds. The van der Waals surface area contributed by atoms with Crippen molar-refractivity contribution in [2.75, 3.05) is 24.2 Å². The summed E-state index contributed by atoms with van der Waals surface area (Å²) in [5, 5.41) is 18.3. The Labute approximate surface area is 183 Å². The Morgan fingerprint density at radius 1 is 1.19 bits per heavy atom. The van der Waals surface area contributed by atoms with Crippen molar-refractivity contribution in [1.82, 2.24) is 15.6 Å². The molecular weight excluding hydrogens is 418 g/mol. The molecule has 1 atom stereocenters. The Morgan fingerprint density at radius 3 is 2.77 bits per heavy atom. The van der Waals surface area contributed by atoms with E-state index in [2.05, 4.69) is 25.9 Å². The summed E-state index contributed by atoms with van der Waals surface area (Å²) in [4.78, 5) is 44.3. The predicted molar refractivity (Wildman–Crippen MR) is 119 cm³/mol. The number of nitrogens with one attached hydrogen (secondary N) is 3. The van der Waals surface area contributed by atoms with E-state index < -0.39 is 23.8 Å². The minimum absolute atomic E-state index is 0.282. The molecule has 4 N–H and O–H groups in total. The summed E-state index contributed by atoms with van der Waals surface area (Å²) in [6.45, 7) is 0.502. The number of amidine groups is 1. The Morgan fingerprint density at radius 2 is 2.06 bits per heavy atom. The molecule has 2 heterocycles. The molecule has 9 nitrogen and oxygen atoms in total. The van der Waals surface area contributed by atoms with Crippen molar-refractivity contribution in [2.24, 2.45) is 4.99 Å². The highest BCUT2D eigenvalue weighted by atomic mass is 32.2. The number of hydrogen-bond donors (Lipinski definition) is 4. The molecule has 0 fully saturated rings. The smallest absolute Gasteiger partial charge is 0.305 e. The number of rotatable bonds is 8. The highest BCUT2D eigenvalue weighted by Gasteiger charge is 2.19. The van der Waals surface area contributed by atoms with Crippen molar-refractivity contribution in [3.8, 4) is 0 Å². The number of aliphatic carboxylic acids is 1. The lowest BCUT2D eigenvalue weighted by Gasteiger charge is -2.17. The number of amides is 2. The highest BCUT2D eigenvalue weighted by Crippen LogP contribution is 2.18. The second-order valence-electron chi connectivity index (χ2n) is 6.78. The zero-order valence-electron chi connectivity index (χ0n) is 16.7. The number of hydrogen-bond acceptors (Lipinski definition) is 7. The van der Waals surface area contributed by atoms with Gasteiger partial charge >= 0.3 is 5.97 Å². The quantitative estimate of drug-likeness (QED) is 0.493. The summed E-state index contributed by atoms with van der Waals surface area (Å²) in [6.07, 6.45) is 3.82. The van der Waals surface area contributed by atoms with E-state index in [1.807, 2.05) is 6.07 Å². The largest absolute Gasteiger partial charge is 0.481 e. The topological polar surface area (TPSA) is 133 Å². The molecule has 1 unspecified atom stereocenters. The fourth-order valence-corrected chi connectivity index (χ4v) is 3.75. The lowest BCUT2D eigenvalue weighted by molar-refractivity contribution is -0.137. The molecule has 1 aromatic heterocycles. The molecule has 162 valence electrons. The van der Waals surface area contributed by atoms with Crippen molar-refractivity contribution in [3.05, 3.63) is 59.9 Å². The van der Waals surface area contributed by atoms with Crippen LogP contribution in [0.15, 0.2) is 53.8 Å². The van der Waals surface area contributed by atoms with E-state index >= 15 is 0 Å². The summed E-state index contributed by atoms with van der Waals surface area (Å²) in [6, 6.07) is 9.54. The van der Waals surface area contributed by atoms with E-state index in [0.717, 1.165) is 29.6 Å². The molecular formula is C21H23N5O4S. The van der Waals surface area contributed by atoms with Gasteiger partial charge in [0.2, 0.25) is 5.91 Å². The van der Waals surface area contributed by atoms with Crippen LogP contribution in [0, 0.1) is 0 Å². The molecule has 10 heteroatoms. The van der Waals surface area contributed by atoms with Gasteiger partial charge in [-0.15, -0.1) is 0 Å². The molecule has 2 aromatic rings. The van der Waals surface area contributed by atoms with Crippen LogP contribution in [-0.2, 0) is 9.59 Å². The zero-order chi connectivity index (χ0) is 22.1. The fourth-order valence-electron chi connectivity index (χ4n) is 2.91. The van der Waals surface area contributed by atoms with Crippen LogP contribution in [-0.4, -0.2) is 51.9 Å². The van der Waals surface area contributed by atoms with Crippen molar-refractivity contribution >= 4 is 40.4 Å². The first kappa shape index (κ1) is 22.3. The number of carbonyl (C=O) groups is 3. The number of carboxylic acid groups (broad SMARTS) is 1. The lowest BCUT2D eigenvalue weighted by atomic mass is 10.1. The van der Waals surface area contributed by atoms with Gasteiger partial charge in [-0.3, -0.25) is 24.4 Å². The van der Waals surface area contributed by atoms with E-state index in [-0.39, 0.29) is 13.0 Å². The third-order valence-electron chi connectivity index (χ3n) is 4.38. The van der Waals surface area contributed by atoms with Crippen LogP contribution in [0.25, 0.3) is 0 Å². The number of carboxylic acids is 1. The highest BCUT2D eigenvalue weighted by molar-refractivity contribution is 8.14. The van der Waals surface area contributed by atoms with Crippen LogP contribution in [0.4, 0.5) is 5.69 Å². The molecule has 1 aliphatic heterocycles. The van der Waals surface area contributed by atoms with Gasteiger partial charge in [-0.2, -0.15) is 0 Å². The summed E-state index contributed by atoms with van der Waals surface area (Å²) < 4.78 is 0. The number of benzene rings is 1.